The van der Waals surface area contributed by atoms with Crippen molar-refractivity contribution in [3.63, 3.8) is 0 Å². The van der Waals surface area contributed by atoms with Gasteiger partial charge in [0.2, 0.25) is 53.2 Å². The van der Waals surface area contributed by atoms with Crippen molar-refractivity contribution in [2.75, 3.05) is 23.4 Å². The molecule has 5 rings (SSSR count). The molecular formula is C57H75ClN12O12S2. The van der Waals surface area contributed by atoms with Gasteiger partial charge >= 0.3 is 0 Å². The topological polar surface area (TPSA) is 415 Å². The first-order chi connectivity index (χ1) is 39.9. The number of aromatic hydroxyl groups is 2. The zero-order chi connectivity index (χ0) is 61.6. The summed E-state index contributed by atoms with van der Waals surface area (Å²) in [5, 5.41) is 52.7. The van der Waals surface area contributed by atoms with Gasteiger partial charge in [-0.15, -0.1) is 0 Å². The van der Waals surface area contributed by atoms with Crippen molar-refractivity contribution in [2.45, 2.75) is 126 Å². The van der Waals surface area contributed by atoms with Crippen LogP contribution in [0.3, 0.4) is 0 Å². The third-order valence-electron chi connectivity index (χ3n) is 13.5. The maximum Gasteiger partial charge on any atom is 0.245 e. The summed E-state index contributed by atoms with van der Waals surface area (Å²) in [5.41, 5.74) is 26.5. The van der Waals surface area contributed by atoms with Crippen LogP contribution in [0.1, 0.15) is 62.3 Å². The lowest BCUT2D eigenvalue weighted by Gasteiger charge is -2.29. The Balaban J connectivity index is 1.58. The number of carbonyl (C=O) groups is 9. The van der Waals surface area contributed by atoms with Gasteiger partial charge in [0, 0.05) is 41.5 Å². The summed E-state index contributed by atoms with van der Waals surface area (Å²) in [6, 6.07) is 11.9. The number of benzene rings is 4. The Hall–Kier alpha value is -7.46. The molecule has 1 saturated heterocycles. The zero-order valence-electron chi connectivity index (χ0n) is 46.7. The van der Waals surface area contributed by atoms with Gasteiger partial charge in [-0.2, -0.15) is 0 Å². The third kappa shape index (κ3) is 21.6. The molecule has 24 nitrogen and oxygen atoms in total. The Morgan fingerprint density at radius 3 is 1.68 bits per heavy atom. The summed E-state index contributed by atoms with van der Waals surface area (Å²) < 4.78 is 0. The molecule has 0 radical (unpaired) electrons. The summed E-state index contributed by atoms with van der Waals surface area (Å²) in [6.07, 6.45) is -1.57. The van der Waals surface area contributed by atoms with Gasteiger partial charge in [0.05, 0.1) is 18.2 Å². The van der Waals surface area contributed by atoms with E-state index in [1.165, 1.54) is 55.5 Å². The Morgan fingerprint density at radius 2 is 1.13 bits per heavy atom. The maximum atomic E-state index is 14.9. The SMILES string of the molecule is CC(C)C(N)C(=O)Nc1ccc(C[C@H]2NC(=O)[C@H](Cc3ccc(O)cc3)NC(=O)[C@H](NC(=O)[C@@H](N)Cc3ccc(Cl)cc3)CSSC[C@@H](C(=O)N[C@H](Cc3ccc(O)cc3)C(N)=O)NC(=O)C(C(C)O)NC(=O)[C@H](CCCCN)NC2=O)cc1. The van der Waals surface area contributed by atoms with E-state index in [0.717, 1.165) is 21.6 Å². The minimum Gasteiger partial charge on any atom is -0.508 e. The van der Waals surface area contributed by atoms with Gasteiger partial charge in [-0.05, 0) is 116 Å². The number of amides is 9. The van der Waals surface area contributed by atoms with E-state index in [2.05, 4.69) is 42.5 Å². The molecule has 1 aliphatic heterocycles. The van der Waals surface area contributed by atoms with Crippen molar-refractivity contribution in [3.8, 4) is 11.5 Å². The van der Waals surface area contributed by atoms with Crippen LogP contribution in [-0.4, -0.2) is 147 Å². The molecule has 9 amide bonds. The van der Waals surface area contributed by atoms with Crippen LogP contribution in [0.4, 0.5) is 5.69 Å². The number of aliphatic hydroxyl groups is 1. The van der Waals surface area contributed by atoms with E-state index < -0.39 is 114 Å². The van der Waals surface area contributed by atoms with Crippen LogP contribution in [0, 0.1) is 5.92 Å². The van der Waals surface area contributed by atoms with Crippen LogP contribution in [0.2, 0.25) is 5.02 Å². The second kappa shape index (κ2) is 33.1. The molecule has 84 heavy (non-hydrogen) atoms. The lowest BCUT2D eigenvalue weighted by atomic mass is 10.0. The predicted octanol–water partition coefficient (Wildman–Crippen LogP) is 0.0546. The highest BCUT2D eigenvalue weighted by molar-refractivity contribution is 8.76. The largest absolute Gasteiger partial charge is 0.508 e. The van der Waals surface area contributed by atoms with E-state index in [-0.39, 0.29) is 74.0 Å². The number of aliphatic hydroxyl groups excluding tert-OH is 1. The van der Waals surface area contributed by atoms with Crippen LogP contribution in [0.15, 0.2) is 97.1 Å². The van der Waals surface area contributed by atoms with Crippen LogP contribution in [0.25, 0.3) is 0 Å². The van der Waals surface area contributed by atoms with Crippen LogP contribution >= 0.6 is 33.2 Å². The van der Waals surface area contributed by atoms with Crippen molar-refractivity contribution >= 4 is 92.0 Å². The molecule has 4 aromatic rings. The summed E-state index contributed by atoms with van der Waals surface area (Å²) in [7, 11) is 1.91. The molecule has 19 N–H and O–H groups in total. The Kier molecular flexibility index (Phi) is 26.6. The van der Waals surface area contributed by atoms with Gasteiger partial charge < -0.3 is 80.8 Å². The van der Waals surface area contributed by atoms with Gasteiger partial charge in [-0.3, -0.25) is 43.2 Å². The number of phenolic OH excluding ortho intramolecular Hbond substituents is 2. The molecule has 0 aromatic heterocycles. The minimum absolute atomic E-state index is 0.0234. The Labute approximate surface area is 499 Å². The van der Waals surface area contributed by atoms with Crippen molar-refractivity contribution in [2.24, 2.45) is 28.9 Å². The molecule has 0 bridgehead atoms. The zero-order valence-corrected chi connectivity index (χ0v) is 49.1. The lowest BCUT2D eigenvalue weighted by Crippen LogP contribution is -2.62. The van der Waals surface area contributed by atoms with Crippen molar-refractivity contribution in [1.82, 2.24) is 37.2 Å². The second-order valence-corrected chi connectivity index (χ2v) is 23.7. The first-order valence-corrected chi connectivity index (χ1v) is 30.0. The second-order valence-electron chi connectivity index (χ2n) is 20.7. The van der Waals surface area contributed by atoms with E-state index in [1.807, 2.05) is 0 Å². The fourth-order valence-electron chi connectivity index (χ4n) is 8.48. The molecule has 4 aromatic carbocycles. The summed E-state index contributed by atoms with van der Waals surface area (Å²) in [5.74, 6) is -8.64. The highest BCUT2D eigenvalue weighted by Crippen LogP contribution is 2.25. The van der Waals surface area contributed by atoms with E-state index >= 15 is 0 Å². The molecule has 454 valence electrons. The van der Waals surface area contributed by atoms with E-state index in [1.54, 1.807) is 62.4 Å². The van der Waals surface area contributed by atoms with Crippen molar-refractivity contribution in [3.05, 3.63) is 124 Å². The summed E-state index contributed by atoms with van der Waals surface area (Å²) in [6.45, 7) is 5.01. The summed E-state index contributed by atoms with van der Waals surface area (Å²) >= 11 is 6.09. The quantitative estimate of drug-likeness (QED) is 0.0387. The Morgan fingerprint density at radius 1 is 0.631 bits per heavy atom. The fraction of sp³-hybridized carbons (Fsp3) is 0.421. The smallest absolute Gasteiger partial charge is 0.245 e. The van der Waals surface area contributed by atoms with Crippen LogP contribution in [0.5, 0.6) is 11.5 Å². The first kappa shape index (κ1) is 67.3. The fourth-order valence-corrected chi connectivity index (χ4v) is 10.9. The number of phenols is 2. The van der Waals surface area contributed by atoms with Crippen LogP contribution < -0.4 is 65.5 Å². The van der Waals surface area contributed by atoms with Gasteiger partial charge in [-0.1, -0.05) is 95.6 Å². The number of halogens is 1. The standard InChI is InChI=1S/C57H75ClN12O12S2/c1-30(2)47(61)56(81)63-37-17-9-33(10-18-37)26-43-52(77)64-41(6-4-5-23-59)51(76)70-48(31(3)71)57(82)69-46(54(79)65-42(49(62)74)25-34-11-19-38(72)20-12-34)29-84-83-28-45(68-50(75)40(60)24-32-7-15-36(58)16-8-32)55(80)67-44(53(78)66-43)27-35-13-21-39(73)22-14-35/h7-22,30-31,40-48,71-73H,4-6,23-29,59-61H2,1-3H3,(H2,62,74)(H,63,81)(H,64,77)(H,65,79)(H,66,78)(H,67,80)(H,68,75)(H,69,82)(H,70,76)/t31?,40-,41-,42+,43+,44-,45+,46-,47?,48?/m0/s1. The molecule has 1 aliphatic rings. The molecule has 3 unspecified atom stereocenters. The molecule has 1 fully saturated rings. The van der Waals surface area contributed by atoms with Gasteiger partial charge in [0.15, 0.2) is 0 Å². The van der Waals surface area contributed by atoms with Crippen LogP contribution in [-0.2, 0) is 68.8 Å². The molecule has 27 heteroatoms. The number of unbranched alkanes of at least 4 members (excludes halogenated alkanes) is 1. The number of nitrogens with one attached hydrogen (secondary N) is 8. The van der Waals surface area contributed by atoms with Crippen molar-refractivity contribution < 1.29 is 58.5 Å². The highest BCUT2D eigenvalue weighted by Gasteiger charge is 2.37. The van der Waals surface area contributed by atoms with E-state index in [4.69, 9.17) is 34.5 Å². The maximum absolute atomic E-state index is 14.9. The number of hydrogen-bond donors (Lipinski definition) is 15. The first-order valence-electron chi connectivity index (χ1n) is 27.2. The average molecular weight is 1220 g/mol. The number of carbonyl (C=O) groups excluding carboxylic acids is 9. The summed E-state index contributed by atoms with van der Waals surface area (Å²) in [4.78, 5) is 127. The molecule has 0 spiro atoms. The molecule has 0 aliphatic carbocycles. The number of rotatable bonds is 21. The van der Waals surface area contributed by atoms with Gasteiger partial charge in [-0.25, -0.2) is 0 Å². The normalized spacial score (nSPS) is 20.9. The van der Waals surface area contributed by atoms with Crippen molar-refractivity contribution in [1.29, 1.82) is 0 Å². The van der Waals surface area contributed by atoms with Gasteiger partial charge in [0.1, 0.15) is 53.8 Å². The number of anilines is 1. The molecule has 0 saturated carbocycles. The third-order valence-corrected chi connectivity index (χ3v) is 16.2. The number of primary amides is 1. The molecular weight excluding hydrogens is 1140 g/mol. The molecule has 10 atom stereocenters. The Bertz CT molecular complexity index is 2890. The van der Waals surface area contributed by atoms with E-state index in [0.29, 0.717) is 39.4 Å². The predicted molar refractivity (Wildman–Crippen MR) is 321 cm³/mol. The number of nitrogens with two attached hydrogens (primary N) is 4. The van der Waals surface area contributed by atoms with Gasteiger partial charge in [0.25, 0.3) is 0 Å². The number of hydrogen-bond acceptors (Lipinski definition) is 17. The lowest BCUT2D eigenvalue weighted by molar-refractivity contribution is -0.136. The molecule has 1 heterocycles. The average Bonchev–Trinajstić information content (AvgIpc) is 3.48. The minimum atomic E-state index is -1.76. The highest BCUT2D eigenvalue weighted by atomic mass is 35.5. The monoisotopic (exact) mass is 1220 g/mol. The van der Waals surface area contributed by atoms with E-state index in [9.17, 15) is 58.5 Å².